The number of amides is 2. The van der Waals surface area contributed by atoms with E-state index >= 15 is 0 Å². The van der Waals surface area contributed by atoms with Gasteiger partial charge in [0.1, 0.15) is 5.65 Å². The van der Waals surface area contributed by atoms with Crippen LogP contribution in [0.1, 0.15) is 29.3 Å². The minimum absolute atomic E-state index is 0.0419. The minimum Gasteiger partial charge on any atom is -0.346 e. The molecule has 128 valence electrons. The van der Waals surface area contributed by atoms with Crippen LogP contribution in [0.4, 0.5) is 5.69 Å². The van der Waals surface area contributed by atoms with Crippen LogP contribution < -0.4 is 4.90 Å². The maximum Gasteiger partial charge on any atom is 0.261 e. The van der Waals surface area contributed by atoms with Gasteiger partial charge in [-0.3, -0.25) is 14.4 Å². The molecular weight excluding hydrogens is 330 g/mol. The fourth-order valence-corrected chi connectivity index (χ4v) is 3.08. The first-order valence-electron chi connectivity index (χ1n) is 8.15. The fraction of sp³-hybridized carbons (Fsp3) is 0.100. The molecule has 0 saturated carbocycles. The van der Waals surface area contributed by atoms with Gasteiger partial charge in [0.2, 0.25) is 5.91 Å². The number of H-pyrrole nitrogens is 1. The predicted octanol–water partition coefficient (Wildman–Crippen LogP) is 3.11. The molecule has 1 saturated heterocycles. The standard InChI is InChI=1S/C20H15N3O3/c1-12(24)13-4-6-16(7-5-13)23-18(25)10-14(20(23)26)9-15-11-22-19-17(15)3-2-8-21-19/h2-9,11H,10H2,1H3,(H,21,22). The summed E-state index contributed by atoms with van der Waals surface area (Å²) in [6.45, 7) is 1.47. The number of Topliss-reactive ketones (excluding diaryl/α,β-unsaturated/α-hetero) is 1. The number of anilines is 1. The van der Waals surface area contributed by atoms with E-state index in [1.54, 1.807) is 42.7 Å². The van der Waals surface area contributed by atoms with E-state index in [-0.39, 0.29) is 24.0 Å². The van der Waals surface area contributed by atoms with Crippen molar-refractivity contribution in [2.75, 3.05) is 4.90 Å². The summed E-state index contributed by atoms with van der Waals surface area (Å²) in [6, 6.07) is 10.2. The molecule has 4 rings (SSSR count). The third-order valence-electron chi connectivity index (χ3n) is 4.41. The van der Waals surface area contributed by atoms with Gasteiger partial charge in [0.05, 0.1) is 12.1 Å². The Labute approximate surface area is 149 Å². The van der Waals surface area contributed by atoms with Crippen LogP contribution in [0.25, 0.3) is 17.1 Å². The van der Waals surface area contributed by atoms with Crippen molar-refractivity contribution in [2.24, 2.45) is 0 Å². The van der Waals surface area contributed by atoms with Crippen LogP contribution in [0.15, 0.2) is 54.4 Å². The molecule has 26 heavy (non-hydrogen) atoms. The smallest absolute Gasteiger partial charge is 0.261 e. The third-order valence-corrected chi connectivity index (χ3v) is 4.41. The first-order valence-corrected chi connectivity index (χ1v) is 8.15. The first-order chi connectivity index (χ1) is 12.5. The molecule has 2 amide bonds. The van der Waals surface area contributed by atoms with E-state index < -0.39 is 0 Å². The average Bonchev–Trinajstić information content (AvgIpc) is 3.16. The van der Waals surface area contributed by atoms with Crippen LogP contribution in [0, 0.1) is 0 Å². The van der Waals surface area contributed by atoms with Gasteiger partial charge in [-0.15, -0.1) is 0 Å². The van der Waals surface area contributed by atoms with E-state index in [9.17, 15) is 14.4 Å². The topological polar surface area (TPSA) is 83.1 Å². The molecule has 0 spiro atoms. The van der Waals surface area contributed by atoms with E-state index in [4.69, 9.17) is 0 Å². The molecular formula is C20H15N3O3. The number of pyridine rings is 1. The molecule has 3 aromatic rings. The molecule has 1 aromatic carbocycles. The number of aromatic nitrogens is 2. The Kier molecular flexibility index (Phi) is 3.73. The first kappa shape index (κ1) is 16.0. The summed E-state index contributed by atoms with van der Waals surface area (Å²) < 4.78 is 0. The van der Waals surface area contributed by atoms with E-state index in [0.29, 0.717) is 16.8 Å². The van der Waals surface area contributed by atoms with Gasteiger partial charge >= 0.3 is 0 Å². The maximum atomic E-state index is 12.7. The summed E-state index contributed by atoms with van der Waals surface area (Å²) in [4.78, 5) is 44.9. The molecule has 6 nitrogen and oxygen atoms in total. The maximum absolute atomic E-state index is 12.7. The number of ketones is 1. The second-order valence-corrected chi connectivity index (χ2v) is 6.13. The molecule has 6 heteroatoms. The van der Waals surface area contributed by atoms with Crippen LogP contribution >= 0.6 is 0 Å². The number of hydrogen-bond acceptors (Lipinski definition) is 4. The Hall–Kier alpha value is -3.54. The van der Waals surface area contributed by atoms with Crippen LogP contribution in [-0.2, 0) is 9.59 Å². The number of carbonyl (C=O) groups excluding carboxylic acids is 3. The van der Waals surface area contributed by atoms with Gasteiger partial charge in [0, 0.05) is 34.5 Å². The second-order valence-electron chi connectivity index (χ2n) is 6.13. The van der Waals surface area contributed by atoms with Crippen molar-refractivity contribution in [2.45, 2.75) is 13.3 Å². The lowest BCUT2D eigenvalue weighted by Crippen LogP contribution is -2.28. The Morgan fingerprint density at radius 2 is 1.96 bits per heavy atom. The lowest BCUT2D eigenvalue weighted by atomic mass is 10.1. The van der Waals surface area contributed by atoms with E-state index in [0.717, 1.165) is 21.5 Å². The van der Waals surface area contributed by atoms with Crippen molar-refractivity contribution in [3.8, 4) is 0 Å². The zero-order valence-electron chi connectivity index (χ0n) is 14.0. The number of hydrogen-bond donors (Lipinski definition) is 1. The molecule has 1 aliphatic heterocycles. The number of carbonyl (C=O) groups is 3. The van der Waals surface area contributed by atoms with Gasteiger partial charge in [-0.2, -0.15) is 0 Å². The van der Waals surface area contributed by atoms with Crippen molar-refractivity contribution in [3.05, 3.63) is 65.5 Å². The van der Waals surface area contributed by atoms with E-state index in [1.165, 1.54) is 6.92 Å². The zero-order chi connectivity index (χ0) is 18.3. The number of aromatic amines is 1. The summed E-state index contributed by atoms with van der Waals surface area (Å²) in [7, 11) is 0. The van der Waals surface area contributed by atoms with Gasteiger partial charge in [-0.05, 0) is 49.4 Å². The summed E-state index contributed by atoms with van der Waals surface area (Å²) in [5, 5.41) is 0.893. The summed E-state index contributed by atoms with van der Waals surface area (Å²) >= 11 is 0. The van der Waals surface area contributed by atoms with E-state index in [2.05, 4.69) is 9.97 Å². The van der Waals surface area contributed by atoms with Crippen LogP contribution in [0.2, 0.25) is 0 Å². The Bertz CT molecular complexity index is 1080. The number of benzene rings is 1. The largest absolute Gasteiger partial charge is 0.346 e. The van der Waals surface area contributed by atoms with Crippen LogP contribution in [-0.4, -0.2) is 27.6 Å². The van der Waals surface area contributed by atoms with Gasteiger partial charge < -0.3 is 4.98 Å². The van der Waals surface area contributed by atoms with Gasteiger partial charge in [-0.25, -0.2) is 9.88 Å². The Morgan fingerprint density at radius 1 is 1.19 bits per heavy atom. The number of rotatable bonds is 3. The highest BCUT2D eigenvalue weighted by Gasteiger charge is 2.35. The lowest BCUT2D eigenvalue weighted by molar-refractivity contribution is -0.120. The van der Waals surface area contributed by atoms with Crippen molar-refractivity contribution in [1.82, 2.24) is 9.97 Å². The number of nitrogens with one attached hydrogen (secondary N) is 1. The number of nitrogens with zero attached hydrogens (tertiary/aromatic N) is 2. The highest BCUT2D eigenvalue weighted by Crippen LogP contribution is 2.29. The molecule has 0 unspecified atom stereocenters. The molecule has 3 heterocycles. The zero-order valence-corrected chi connectivity index (χ0v) is 14.0. The van der Waals surface area contributed by atoms with Crippen LogP contribution in [0.3, 0.4) is 0 Å². The molecule has 1 aliphatic rings. The normalized spacial score (nSPS) is 16.0. The molecule has 0 bridgehead atoms. The SMILES string of the molecule is CC(=O)c1ccc(N2C(=O)CC(=Cc3c[nH]c4ncccc34)C2=O)cc1. The molecule has 1 N–H and O–H groups in total. The van der Waals surface area contributed by atoms with Crippen LogP contribution in [0.5, 0.6) is 0 Å². The van der Waals surface area contributed by atoms with Gasteiger partial charge in [-0.1, -0.05) is 0 Å². The quantitative estimate of drug-likeness (QED) is 0.449. The highest BCUT2D eigenvalue weighted by atomic mass is 16.2. The fourth-order valence-electron chi connectivity index (χ4n) is 3.08. The monoisotopic (exact) mass is 345 g/mol. The number of imide groups is 1. The molecule has 0 atom stereocenters. The van der Waals surface area contributed by atoms with Crippen molar-refractivity contribution in [3.63, 3.8) is 0 Å². The number of fused-ring (bicyclic) bond motifs is 1. The second kappa shape index (κ2) is 6.07. The van der Waals surface area contributed by atoms with Crippen molar-refractivity contribution >= 4 is 40.4 Å². The molecule has 0 aliphatic carbocycles. The highest BCUT2D eigenvalue weighted by molar-refractivity contribution is 6.29. The minimum atomic E-state index is -0.344. The van der Waals surface area contributed by atoms with Gasteiger partial charge in [0.15, 0.2) is 5.78 Å². The summed E-state index contributed by atoms with van der Waals surface area (Å²) in [5.41, 5.74) is 2.98. The predicted molar refractivity (Wildman–Crippen MR) is 97.6 cm³/mol. The summed E-state index contributed by atoms with van der Waals surface area (Å²) in [6.07, 6.45) is 5.23. The van der Waals surface area contributed by atoms with Crippen molar-refractivity contribution < 1.29 is 14.4 Å². The third kappa shape index (κ3) is 2.61. The Morgan fingerprint density at radius 3 is 2.69 bits per heavy atom. The Balaban J connectivity index is 1.68. The molecule has 0 radical (unpaired) electrons. The molecule has 1 fully saturated rings. The van der Waals surface area contributed by atoms with Gasteiger partial charge in [0.25, 0.3) is 5.91 Å². The van der Waals surface area contributed by atoms with E-state index in [1.807, 2.05) is 12.1 Å². The average molecular weight is 345 g/mol. The lowest BCUT2D eigenvalue weighted by Gasteiger charge is -2.13. The molecule has 2 aromatic heterocycles. The summed E-state index contributed by atoms with van der Waals surface area (Å²) in [5.74, 6) is -0.692. The van der Waals surface area contributed by atoms with Crippen molar-refractivity contribution in [1.29, 1.82) is 0 Å².